The summed E-state index contributed by atoms with van der Waals surface area (Å²) in [5.74, 6) is 1.17. The maximum absolute atomic E-state index is 13.3. The molecule has 2 saturated heterocycles. The van der Waals surface area contributed by atoms with Gasteiger partial charge < -0.3 is 33.2 Å². The highest BCUT2D eigenvalue weighted by atomic mass is 16.7. The van der Waals surface area contributed by atoms with Gasteiger partial charge in [0.15, 0.2) is 11.6 Å². The molecule has 0 bridgehead atoms. The van der Waals surface area contributed by atoms with Crippen LogP contribution in [0.2, 0.25) is 0 Å². The Morgan fingerprint density at radius 3 is 1.44 bits per heavy atom. The van der Waals surface area contributed by atoms with Crippen molar-refractivity contribution in [3.8, 4) is 24.7 Å². The first-order valence-corrected chi connectivity index (χ1v) is 12.9. The van der Waals surface area contributed by atoms with Crippen molar-refractivity contribution < 1.29 is 47.5 Å². The topological polar surface area (TPSA) is 116 Å². The first-order valence-electron chi connectivity index (χ1n) is 12.9. The zero-order valence-electron chi connectivity index (χ0n) is 24.2. The van der Waals surface area contributed by atoms with Crippen LogP contribution >= 0.6 is 0 Å². The fourth-order valence-electron chi connectivity index (χ4n) is 3.58. The average Bonchev–Trinajstić information content (AvgIpc) is 2.88. The molecule has 0 aliphatic carbocycles. The number of terminal acetylenes is 2. The summed E-state index contributed by atoms with van der Waals surface area (Å²) in [6, 6.07) is 0. The van der Waals surface area contributed by atoms with Crippen LogP contribution in [0, 0.1) is 46.9 Å². The molecule has 0 aromatic carbocycles. The van der Waals surface area contributed by atoms with E-state index < -0.39 is 58.9 Å². The van der Waals surface area contributed by atoms with Crippen molar-refractivity contribution in [2.75, 3.05) is 46.2 Å². The molecule has 0 aromatic heterocycles. The van der Waals surface area contributed by atoms with Crippen LogP contribution in [0.15, 0.2) is 0 Å². The minimum atomic E-state index is -1.53. The third kappa shape index (κ3) is 8.94. The molecular formula is C29H42O10. The van der Waals surface area contributed by atoms with E-state index in [9.17, 15) is 14.4 Å². The monoisotopic (exact) mass is 550 g/mol. The van der Waals surface area contributed by atoms with E-state index in [-0.39, 0.29) is 39.0 Å². The summed E-state index contributed by atoms with van der Waals surface area (Å²) in [6.45, 7) is 11.2. The number of esters is 3. The summed E-state index contributed by atoms with van der Waals surface area (Å²) in [5.41, 5.74) is -3.70. The van der Waals surface area contributed by atoms with Crippen LogP contribution in [0.4, 0.5) is 0 Å². The van der Waals surface area contributed by atoms with E-state index in [1.165, 1.54) is 6.92 Å². The van der Waals surface area contributed by atoms with Gasteiger partial charge in [-0.1, -0.05) is 0 Å². The van der Waals surface area contributed by atoms with Crippen molar-refractivity contribution in [3.05, 3.63) is 0 Å². The normalized spacial score (nSPS) is 21.2. The summed E-state index contributed by atoms with van der Waals surface area (Å²) in [7, 11) is 0. The lowest BCUT2D eigenvalue weighted by Gasteiger charge is -2.40. The van der Waals surface area contributed by atoms with E-state index in [0.29, 0.717) is 12.8 Å². The highest BCUT2D eigenvalue weighted by Gasteiger charge is 2.48. The lowest BCUT2D eigenvalue weighted by Crippen LogP contribution is -2.51. The Balaban J connectivity index is 2.12. The molecule has 0 unspecified atom stereocenters. The van der Waals surface area contributed by atoms with Gasteiger partial charge in [0.25, 0.3) is 0 Å². The molecule has 0 spiro atoms. The van der Waals surface area contributed by atoms with Crippen molar-refractivity contribution in [1.29, 1.82) is 0 Å². The van der Waals surface area contributed by atoms with E-state index >= 15 is 0 Å². The molecule has 2 heterocycles. The van der Waals surface area contributed by atoms with Gasteiger partial charge in [0.1, 0.15) is 29.5 Å². The zero-order valence-corrected chi connectivity index (χ0v) is 24.2. The molecule has 2 aliphatic heterocycles. The molecule has 0 N–H and O–H groups in total. The molecule has 2 rings (SSSR count). The molecule has 0 amide bonds. The first-order chi connectivity index (χ1) is 18.0. The van der Waals surface area contributed by atoms with Crippen molar-refractivity contribution in [3.63, 3.8) is 0 Å². The molecule has 0 atom stereocenters. The highest BCUT2D eigenvalue weighted by Crippen LogP contribution is 2.33. The minimum absolute atomic E-state index is 0.0341. The Kier molecular flexibility index (Phi) is 10.6. The molecule has 0 radical (unpaired) electrons. The van der Waals surface area contributed by atoms with Gasteiger partial charge >= 0.3 is 17.9 Å². The van der Waals surface area contributed by atoms with Crippen LogP contribution < -0.4 is 0 Å². The van der Waals surface area contributed by atoms with E-state index in [4.69, 9.17) is 46.0 Å². The number of rotatable bonds is 11. The van der Waals surface area contributed by atoms with Crippen LogP contribution in [0.5, 0.6) is 0 Å². The van der Waals surface area contributed by atoms with Crippen molar-refractivity contribution in [2.24, 2.45) is 22.2 Å². The van der Waals surface area contributed by atoms with Gasteiger partial charge in [0.05, 0.1) is 33.0 Å². The summed E-state index contributed by atoms with van der Waals surface area (Å²) in [5, 5.41) is 0. The largest absolute Gasteiger partial charge is 0.465 e. The molecule has 2 aliphatic rings. The lowest BCUT2D eigenvalue weighted by atomic mass is 9.89. The first kappa shape index (κ1) is 32.6. The maximum Gasteiger partial charge on any atom is 0.318 e. The molecular weight excluding hydrogens is 508 g/mol. The van der Waals surface area contributed by atoms with Gasteiger partial charge in [-0.15, -0.1) is 24.7 Å². The van der Waals surface area contributed by atoms with Crippen LogP contribution in [-0.4, -0.2) is 75.7 Å². The number of ether oxygens (including phenoxy) is 7. The molecule has 39 heavy (non-hydrogen) atoms. The summed E-state index contributed by atoms with van der Waals surface area (Å²) in [4.78, 5) is 39.3. The Morgan fingerprint density at radius 2 is 1.10 bits per heavy atom. The molecule has 10 heteroatoms. The summed E-state index contributed by atoms with van der Waals surface area (Å²) < 4.78 is 39.2. The van der Waals surface area contributed by atoms with Crippen LogP contribution in [-0.2, 0) is 47.5 Å². The van der Waals surface area contributed by atoms with Crippen LogP contribution in [0.1, 0.15) is 61.3 Å². The quantitative estimate of drug-likeness (QED) is 0.216. The zero-order chi connectivity index (χ0) is 29.5. The minimum Gasteiger partial charge on any atom is -0.465 e. The summed E-state index contributed by atoms with van der Waals surface area (Å²) >= 11 is 0. The van der Waals surface area contributed by atoms with Crippen LogP contribution in [0.3, 0.4) is 0 Å². The number of carbonyl (C=O) groups excluding carboxylic acids is 3. The van der Waals surface area contributed by atoms with E-state index in [1.54, 1.807) is 41.5 Å². The van der Waals surface area contributed by atoms with Gasteiger partial charge in [0, 0.05) is 18.8 Å². The molecule has 218 valence electrons. The van der Waals surface area contributed by atoms with Crippen molar-refractivity contribution in [2.45, 2.75) is 72.9 Å². The second-order valence-corrected chi connectivity index (χ2v) is 12.1. The second kappa shape index (κ2) is 12.7. The van der Waals surface area contributed by atoms with Gasteiger partial charge in [-0.05, 0) is 48.5 Å². The Hall–Kier alpha value is -2.63. The predicted octanol–water partition coefficient (Wildman–Crippen LogP) is 2.86. The highest BCUT2D eigenvalue weighted by molar-refractivity contribution is 5.81. The average molecular weight is 551 g/mol. The number of hydrogen-bond acceptors (Lipinski definition) is 10. The molecule has 0 saturated carbocycles. The molecule has 0 aromatic rings. The Bertz CT molecular complexity index is 897. The van der Waals surface area contributed by atoms with Gasteiger partial charge in [-0.3, -0.25) is 14.4 Å². The third-order valence-corrected chi connectivity index (χ3v) is 6.74. The lowest BCUT2D eigenvalue weighted by molar-refractivity contribution is -0.282. The fraction of sp³-hybridized carbons (Fsp3) is 0.759. The molecule has 10 nitrogen and oxygen atoms in total. The van der Waals surface area contributed by atoms with Gasteiger partial charge in [-0.25, -0.2) is 0 Å². The van der Waals surface area contributed by atoms with Gasteiger partial charge in [0.2, 0.25) is 0 Å². The molecule has 2 fully saturated rings. The van der Waals surface area contributed by atoms with Crippen molar-refractivity contribution >= 4 is 17.9 Å². The van der Waals surface area contributed by atoms with E-state index in [0.717, 1.165) is 0 Å². The maximum atomic E-state index is 13.3. The SMILES string of the molecule is C#CCC(CC#C)COC(=O)C(C)(COC(=O)C1(C)COC(C)(C)OC1)COC(=O)C1(C)COC(C)(C)OC1. The third-order valence-electron chi connectivity index (χ3n) is 6.74. The standard InChI is InChI=1S/C29H42O10/c1-10-12-21(13-11-2)14-33-22(30)27(7,15-34-23(31)28(8)17-36-25(3,4)37-18-28)16-35-24(32)29(9)19-38-26(5,6)39-20-29/h1-2,21H,12-20H2,3-9H3. The van der Waals surface area contributed by atoms with Crippen molar-refractivity contribution in [1.82, 2.24) is 0 Å². The van der Waals surface area contributed by atoms with Crippen LogP contribution in [0.25, 0.3) is 0 Å². The predicted molar refractivity (Wildman–Crippen MR) is 140 cm³/mol. The fourth-order valence-corrected chi connectivity index (χ4v) is 3.58. The second-order valence-electron chi connectivity index (χ2n) is 12.1. The van der Waals surface area contributed by atoms with Gasteiger partial charge in [-0.2, -0.15) is 0 Å². The smallest absolute Gasteiger partial charge is 0.318 e. The Morgan fingerprint density at radius 1 is 0.744 bits per heavy atom. The number of carbonyl (C=O) groups is 3. The Labute approximate surface area is 231 Å². The number of hydrogen-bond donors (Lipinski definition) is 0. The van der Waals surface area contributed by atoms with E-state index in [2.05, 4.69) is 11.8 Å². The van der Waals surface area contributed by atoms with E-state index in [1.807, 2.05) is 0 Å². The summed E-state index contributed by atoms with van der Waals surface area (Å²) in [6.07, 6.45) is 11.4.